The molecule has 0 aliphatic carbocycles. The van der Waals surface area contributed by atoms with E-state index in [9.17, 15) is 4.79 Å². The third-order valence-electron chi connectivity index (χ3n) is 3.63. The lowest BCUT2D eigenvalue weighted by Gasteiger charge is -2.07. The van der Waals surface area contributed by atoms with Crippen molar-refractivity contribution in [2.24, 2.45) is 7.05 Å². The van der Waals surface area contributed by atoms with E-state index in [2.05, 4.69) is 0 Å². The fourth-order valence-corrected chi connectivity index (χ4v) is 2.76. The van der Waals surface area contributed by atoms with Gasteiger partial charge in [-0.3, -0.25) is 0 Å². The molecule has 0 bridgehead atoms. The summed E-state index contributed by atoms with van der Waals surface area (Å²) in [5, 5.41) is 1.79. The number of hydrogen-bond acceptors (Lipinski definition) is 3. The molecule has 0 unspecified atom stereocenters. The Hall–Kier alpha value is -2.17. The molecule has 4 nitrogen and oxygen atoms in total. The lowest BCUT2D eigenvalue weighted by molar-refractivity contribution is 0.0516. The first-order chi connectivity index (χ1) is 11.5. The summed E-state index contributed by atoms with van der Waals surface area (Å²) < 4.78 is 12.7. The number of aryl methyl sites for hydroxylation is 1. The van der Waals surface area contributed by atoms with E-state index in [0.717, 1.165) is 10.9 Å². The number of ether oxygens (including phenoxy) is 2. The van der Waals surface area contributed by atoms with Crippen molar-refractivity contribution < 1.29 is 14.3 Å². The van der Waals surface area contributed by atoms with Gasteiger partial charge in [0, 0.05) is 24.0 Å². The summed E-state index contributed by atoms with van der Waals surface area (Å²) >= 11 is 11.9. The Morgan fingerprint density at radius 1 is 1.04 bits per heavy atom. The van der Waals surface area contributed by atoms with Gasteiger partial charge in [-0.15, -0.1) is 0 Å². The smallest absolute Gasteiger partial charge is 0.354 e. The van der Waals surface area contributed by atoms with E-state index < -0.39 is 0 Å². The van der Waals surface area contributed by atoms with E-state index in [4.69, 9.17) is 32.7 Å². The number of aromatic nitrogens is 1. The van der Waals surface area contributed by atoms with Crippen LogP contribution in [0.4, 0.5) is 0 Å². The van der Waals surface area contributed by atoms with Gasteiger partial charge < -0.3 is 14.0 Å². The molecule has 124 valence electrons. The molecule has 0 radical (unpaired) electrons. The quantitative estimate of drug-likeness (QED) is 0.578. The predicted molar refractivity (Wildman–Crippen MR) is 95.4 cm³/mol. The zero-order valence-electron chi connectivity index (χ0n) is 13.2. The molecule has 0 fully saturated rings. The second kappa shape index (κ2) is 6.75. The summed E-state index contributed by atoms with van der Waals surface area (Å²) in [6.07, 6.45) is 0. The molecule has 0 amide bonds. The molecule has 6 heteroatoms. The van der Waals surface area contributed by atoms with Crippen LogP contribution in [-0.4, -0.2) is 17.1 Å². The lowest BCUT2D eigenvalue weighted by Crippen LogP contribution is -2.09. The van der Waals surface area contributed by atoms with Gasteiger partial charge in [-0.1, -0.05) is 23.2 Å². The first-order valence-corrected chi connectivity index (χ1v) is 8.14. The highest BCUT2D eigenvalue weighted by molar-refractivity contribution is 6.42. The molecular weight excluding hydrogens is 349 g/mol. The first kappa shape index (κ1) is 16.7. The van der Waals surface area contributed by atoms with Crippen LogP contribution < -0.4 is 4.74 Å². The van der Waals surface area contributed by atoms with Gasteiger partial charge in [0.1, 0.15) is 17.2 Å². The van der Waals surface area contributed by atoms with Crippen molar-refractivity contribution in [2.75, 3.05) is 6.61 Å². The number of carbonyl (C=O) groups is 1. The number of hydrogen-bond donors (Lipinski definition) is 0. The van der Waals surface area contributed by atoms with E-state index in [-0.39, 0.29) is 5.97 Å². The summed E-state index contributed by atoms with van der Waals surface area (Å²) in [7, 11) is 1.83. The summed E-state index contributed by atoms with van der Waals surface area (Å²) in [5.41, 5.74) is 1.41. The molecule has 0 saturated heterocycles. The summed E-state index contributed by atoms with van der Waals surface area (Å²) in [6.45, 7) is 2.12. The van der Waals surface area contributed by atoms with Gasteiger partial charge in [0.15, 0.2) is 0 Å². The Morgan fingerprint density at radius 2 is 1.75 bits per heavy atom. The molecule has 24 heavy (non-hydrogen) atoms. The molecule has 0 N–H and O–H groups in total. The molecule has 3 aromatic rings. The number of carbonyl (C=O) groups excluding carboxylic acids is 1. The Balaban J connectivity index is 1.93. The van der Waals surface area contributed by atoms with Gasteiger partial charge in [-0.05, 0) is 43.3 Å². The van der Waals surface area contributed by atoms with Crippen molar-refractivity contribution in [3.8, 4) is 11.5 Å². The fraction of sp³-hybridized carbons (Fsp3) is 0.167. The van der Waals surface area contributed by atoms with E-state index in [1.807, 2.05) is 25.2 Å². The molecular formula is C18H15Cl2NO3. The van der Waals surface area contributed by atoms with Gasteiger partial charge in [0.05, 0.1) is 16.7 Å². The van der Waals surface area contributed by atoms with Crippen LogP contribution in [-0.2, 0) is 11.8 Å². The van der Waals surface area contributed by atoms with Crippen LogP contribution in [0.2, 0.25) is 10.0 Å². The van der Waals surface area contributed by atoms with Crippen LogP contribution >= 0.6 is 23.2 Å². The van der Waals surface area contributed by atoms with Gasteiger partial charge in [0.2, 0.25) is 0 Å². The van der Waals surface area contributed by atoms with Crippen molar-refractivity contribution in [3.05, 3.63) is 58.2 Å². The van der Waals surface area contributed by atoms with Crippen LogP contribution in [0.15, 0.2) is 42.5 Å². The van der Waals surface area contributed by atoms with Gasteiger partial charge in [-0.2, -0.15) is 0 Å². The number of halogens is 2. The number of benzene rings is 2. The molecule has 0 spiro atoms. The van der Waals surface area contributed by atoms with E-state index in [1.54, 1.807) is 35.8 Å². The van der Waals surface area contributed by atoms with Crippen LogP contribution in [0.3, 0.4) is 0 Å². The van der Waals surface area contributed by atoms with Gasteiger partial charge in [0.25, 0.3) is 0 Å². The summed E-state index contributed by atoms with van der Waals surface area (Å²) in [6, 6.07) is 12.5. The number of rotatable bonds is 4. The Morgan fingerprint density at radius 3 is 2.46 bits per heavy atom. The Labute approximate surface area is 149 Å². The molecule has 0 saturated carbocycles. The lowest BCUT2D eigenvalue weighted by atomic mass is 10.2. The standard InChI is InChI=1S/C18H15Cl2NO3/c1-3-23-18(22)17-9-11-8-12(5-7-16(11)21(17)2)24-13-4-6-14(19)15(20)10-13/h4-10H,3H2,1-2H3. The molecule has 0 aliphatic rings. The van der Waals surface area contributed by atoms with Crippen molar-refractivity contribution in [2.45, 2.75) is 6.92 Å². The minimum Gasteiger partial charge on any atom is -0.461 e. The zero-order valence-corrected chi connectivity index (χ0v) is 14.7. The molecule has 1 heterocycles. The number of nitrogens with zero attached hydrogens (tertiary/aromatic N) is 1. The molecule has 1 aromatic heterocycles. The van der Waals surface area contributed by atoms with Crippen molar-refractivity contribution >= 4 is 40.1 Å². The highest BCUT2D eigenvalue weighted by Crippen LogP contribution is 2.31. The SMILES string of the molecule is CCOC(=O)c1cc2cc(Oc3ccc(Cl)c(Cl)c3)ccc2n1C. The Bertz CT molecular complexity index is 918. The average Bonchev–Trinajstić information content (AvgIpc) is 2.88. The summed E-state index contributed by atoms with van der Waals surface area (Å²) in [4.78, 5) is 12.0. The van der Waals surface area contributed by atoms with E-state index >= 15 is 0 Å². The molecule has 3 rings (SSSR count). The number of esters is 1. The minimum absolute atomic E-state index is 0.339. The molecule has 0 atom stereocenters. The monoisotopic (exact) mass is 363 g/mol. The highest BCUT2D eigenvalue weighted by Gasteiger charge is 2.14. The number of fused-ring (bicyclic) bond motifs is 1. The third kappa shape index (κ3) is 3.21. The summed E-state index contributed by atoms with van der Waals surface area (Å²) in [5.74, 6) is 0.885. The van der Waals surface area contributed by atoms with Crippen LogP contribution in [0.25, 0.3) is 10.9 Å². The second-order valence-electron chi connectivity index (χ2n) is 5.21. The highest BCUT2D eigenvalue weighted by atomic mass is 35.5. The van der Waals surface area contributed by atoms with E-state index in [1.165, 1.54) is 0 Å². The largest absolute Gasteiger partial charge is 0.461 e. The minimum atomic E-state index is -0.344. The van der Waals surface area contributed by atoms with Crippen molar-refractivity contribution in [1.82, 2.24) is 4.57 Å². The van der Waals surface area contributed by atoms with Crippen LogP contribution in [0.5, 0.6) is 11.5 Å². The van der Waals surface area contributed by atoms with Gasteiger partial charge in [-0.25, -0.2) is 4.79 Å². The van der Waals surface area contributed by atoms with Crippen LogP contribution in [0, 0.1) is 0 Å². The fourth-order valence-electron chi connectivity index (χ4n) is 2.47. The maximum Gasteiger partial charge on any atom is 0.354 e. The van der Waals surface area contributed by atoms with Crippen molar-refractivity contribution in [1.29, 1.82) is 0 Å². The second-order valence-corrected chi connectivity index (χ2v) is 6.02. The van der Waals surface area contributed by atoms with E-state index in [0.29, 0.717) is 33.8 Å². The first-order valence-electron chi connectivity index (χ1n) is 7.39. The van der Waals surface area contributed by atoms with Gasteiger partial charge >= 0.3 is 5.97 Å². The molecule has 2 aromatic carbocycles. The zero-order chi connectivity index (χ0) is 17.3. The maximum absolute atomic E-state index is 12.0. The van der Waals surface area contributed by atoms with Crippen LogP contribution in [0.1, 0.15) is 17.4 Å². The topological polar surface area (TPSA) is 40.5 Å². The Kier molecular flexibility index (Phi) is 4.69. The maximum atomic E-state index is 12.0. The predicted octanol–water partition coefficient (Wildman–Crippen LogP) is 5.45. The third-order valence-corrected chi connectivity index (χ3v) is 4.36. The van der Waals surface area contributed by atoms with Crippen molar-refractivity contribution in [3.63, 3.8) is 0 Å². The normalized spacial score (nSPS) is 10.8. The average molecular weight is 364 g/mol. The molecule has 0 aliphatic heterocycles.